The summed E-state index contributed by atoms with van der Waals surface area (Å²) in [7, 11) is 0. The van der Waals surface area contributed by atoms with E-state index in [9.17, 15) is 9.18 Å². The zero-order chi connectivity index (χ0) is 14.0. The summed E-state index contributed by atoms with van der Waals surface area (Å²) in [6, 6.07) is 8.19. The van der Waals surface area contributed by atoms with E-state index in [2.05, 4.69) is 0 Å². The van der Waals surface area contributed by atoms with Crippen LogP contribution in [-0.4, -0.2) is 5.97 Å². The first kappa shape index (κ1) is 14.1. The molecule has 0 fully saturated rings. The molecule has 2 rings (SSSR count). The fraction of sp³-hybridized carbons (Fsp3) is 0. The lowest BCUT2D eigenvalue weighted by Gasteiger charge is -2.09. The SMILES string of the molecule is O=C(Oc1c(Cl)cc(Cl)cc1Cl)c1ccccc1F. The van der Waals surface area contributed by atoms with Gasteiger partial charge < -0.3 is 4.74 Å². The van der Waals surface area contributed by atoms with Crippen LogP contribution in [0.25, 0.3) is 0 Å². The summed E-state index contributed by atoms with van der Waals surface area (Å²) >= 11 is 17.5. The molecule has 2 nitrogen and oxygen atoms in total. The Labute approximate surface area is 123 Å². The maximum atomic E-state index is 13.4. The maximum absolute atomic E-state index is 13.4. The van der Waals surface area contributed by atoms with Gasteiger partial charge in [0.05, 0.1) is 15.6 Å². The van der Waals surface area contributed by atoms with E-state index in [1.807, 2.05) is 0 Å². The molecule has 0 spiro atoms. The van der Waals surface area contributed by atoms with Crippen LogP contribution in [0.3, 0.4) is 0 Å². The standard InChI is InChI=1S/C13H6Cl3FO2/c14-7-5-9(15)12(10(16)6-7)19-13(18)8-3-1-2-4-11(8)17/h1-6H. The maximum Gasteiger partial charge on any atom is 0.346 e. The van der Waals surface area contributed by atoms with Crippen molar-refractivity contribution in [3.8, 4) is 5.75 Å². The van der Waals surface area contributed by atoms with Crippen molar-refractivity contribution in [3.63, 3.8) is 0 Å². The second kappa shape index (κ2) is 5.78. The molecule has 6 heteroatoms. The first-order valence-corrected chi connectivity index (χ1v) is 6.23. The molecule has 0 heterocycles. The Kier molecular flexibility index (Phi) is 4.30. The van der Waals surface area contributed by atoms with Gasteiger partial charge >= 0.3 is 5.97 Å². The van der Waals surface area contributed by atoms with Gasteiger partial charge in [0.1, 0.15) is 5.82 Å². The van der Waals surface area contributed by atoms with Crippen LogP contribution in [0.2, 0.25) is 15.1 Å². The van der Waals surface area contributed by atoms with Gasteiger partial charge in [0.2, 0.25) is 0 Å². The Morgan fingerprint density at radius 1 is 1.05 bits per heavy atom. The van der Waals surface area contributed by atoms with Crippen LogP contribution in [0.15, 0.2) is 36.4 Å². The molecule has 0 saturated carbocycles. The first-order chi connectivity index (χ1) is 8.99. The van der Waals surface area contributed by atoms with Crippen molar-refractivity contribution >= 4 is 40.8 Å². The van der Waals surface area contributed by atoms with Crippen molar-refractivity contribution in [1.29, 1.82) is 0 Å². The highest BCUT2D eigenvalue weighted by Gasteiger charge is 2.17. The highest BCUT2D eigenvalue weighted by Crippen LogP contribution is 2.36. The van der Waals surface area contributed by atoms with E-state index in [1.165, 1.54) is 30.3 Å². The van der Waals surface area contributed by atoms with Gasteiger partial charge in [-0.15, -0.1) is 0 Å². The summed E-state index contributed by atoms with van der Waals surface area (Å²) in [6.45, 7) is 0. The molecule has 2 aromatic carbocycles. The number of halogens is 4. The highest BCUT2D eigenvalue weighted by atomic mass is 35.5. The lowest BCUT2D eigenvalue weighted by molar-refractivity contribution is 0.0730. The Balaban J connectivity index is 2.32. The molecule has 0 aromatic heterocycles. The summed E-state index contributed by atoms with van der Waals surface area (Å²) < 4.78 is 18.4. The summed E-state index contributed by atoms with van der Waals surface area (Å²) in [5.74, 6) is -1.63. The summed E-state index contributed by atoms with van der Waals surface area (Å²) in [4.78, 5) is 11.8. The molecule has 0 bridgehead atoms. The predicted octanol–water partition coefficient (Wildman–Crippen LogP) is 5.01. The van der Waals surface area contributed by atoms with E-state index in [0.717, 1.165) is 6.07 Å². The van der Waals surface area contributed by atoms with Crippen LogP contribution < -0.4 is 4.74 Å². The third-order valence-electron chi connectivity index (χ3n) is 2.25. The van der Waals surface area contributed by atoms with Gasteiger partial charge in [-0.1, -0.05) is 46.9 Å². The molecule has 0 aliphatic heterocycles. The number of benzene rings is 2. The van der Waals surface area contributed by atoms with Crippen LogP contribution in [0, 0.1) is 5.82 Å². The summed E-state index contributed by atoms with van der Waals surface area (Å²) in [5.41, 5.74) is -0.204. The zero-order valence-electron chi connectivity index (χ0n) is 9.29. The van der Waals surface area contributed by atoms with Gasteiger partial charge in [0.25, 0.3) is 0 Å². The molecule has 0 unspecified atom stereocenters. The van der Waals surface area contributed by atoms with Crippen molar-refractivity contribution in [2.75, 3.05) is 0 Å². The van der Waals surface area contributed by atoms with Crippen LogP contribution in [-0.2, 0) is 0 Å². The molecule has 0 amide bonds. The minimum atomic E-state index is -0.885. The molecule has 0 saturated heterocycles. The van der Waals surface area contributed by atoms with E-state index < -0.39 is 11.8 Å². The third-order valence-corrected chi connectivity index (χ3v) is 3.03. The number of carbonyl (C=O) groups excluding carboxylic acids is 1. The lowest BCUT2D eigenvalue weighted by atomic mass is 10.2. The Morgan fingerprint density at radius 2 is 1.63 bits per heavy atom. The fourth-order valence-corrected chi connectivity index (χ4v) is 2.30. The second-order valence-electron chi connectivity index (χ2n) is 3.57. The molecule has 19 heavy (non-hydrogen) atoms. The second-order valence-corrected chi connectivity index (χ2v) is 4.82. The molecule has 0 radical (unpaired) electrons. The Hall–Kier alpha value is -1.29. The minimum absolute atomic E-state index is 0.0546. The van der Waals surface area contributed by atoms with Crippen LogP contribution in [0.4, 0.5) is 4.39 Å². The quantitative estimate of drug-likeness (QED) is 0.575. The van der Waals surface area contributed by atoms with Crippen LogP contribution in [0.5, 0.6) is 5.75 Å². The van der Waals surface area contributed by atoms with Gasteiger partial charge in [-0.3, -0.25) is 0 Å². The molecular weight excluding hydrogens is 313 g/mol. The van der Waals surface area contributed by atoms with Crippen LogP contribution in [0.1, 0.15) is 10.4 Å². The topological polar surface area (TPSA) is 26.3 Å². The van der Waals surface area contributed by atoms with Gasteiger partial charge in [-0.05, 0) is 24.3 Å². The lowest BCUT2D eigenvalue weighted by Crippen LogP contribution is -2.11. The number of ether oxygens (including phenoxy) is 1. The monoisotopic (exact) mass is 318 g/mol. The average Bonchev–Trinajstić information content (AvgIpc) is 2.34. The van der Waals surface area contributed by atoms with Crippen LogP contribution >= 0.6 is 34.8 Å². The van der Waals surface area contributed by atoms with Gasteiger partial charge in [0, 0.05) is 5.02 Å². The normalized spacial score (nSPS) is 10.3. The van der Waals surface area contributed by atoms with Gasteiger partial charge in [-0.25, -0.2) is 9.18 Å². The highest BCUT2D eigenvalue weighted by molar-refractivity contribution is 6.40. The number of carbonyl (C=O) groups is 1. The molecule has 0 aliphatic rings. The number of esters is 1. The Morgan fingerprint density at radius 3 is 2.21 bits per heavy atom. The van der Waals surface area contributed by atoms with Crippen molar-refractivity contribution < 1.29 is 13.9 Å². The first-order valence-electron chi connectivity index (χ1n) is 5.10. The molecular formula is C13H6Cl3FO2. The predicted molar refractivity (Wildman–Crippen MR) is 72.8 cm³/mol. The minimum Gasteiger partial charge on any atom is -0.420 e. The van der Waals surface area contributed by atoms with Crippen molar-refractivity contribution in [3.05, 3.63) is 62.8 Å². The average molecular weight is 320 g/mol. The van der Waals surface area contributed by atoms with Crippen molar-refractivity contribution in [1.82, 2.24) is 0 Å². The molecule has 2 aromatic rings. The summed E-state index contributed by atoms with van der Waals surface area (Å²) in [5, 5.41) is 0.449. The van der Waals surface area contributed by atoms with Crippen molar-refractivity contribution in [2.45, 2.75) is 0 Å². The van der Waals surface area contributed by atoms with Crippen molar-refractivity contribution in [2.24, 2.45) is 0 Å². The smallest absolute Gasteiger partial charge is 0.346 e. The van der Waals surface area contributed by atoms with E-state index in [-0.39, 0.29) is 21.4 Å². The van der Waals surface area contributed by atoms with E-state index in [1.54, 1.807) is 0 Å². The number of rotatable bonds is 2. The Bertz CT molecular complexity index is 621. The largest absolute Gasteiger partial charge is 0.420 e. The van der Waals surface area contributed by atoms with E-state index >= 15 is 0 Å². The molecule has 0 atom stereocenters. The zero-order valence-corrected chi connectivity index (χ0v) is 11.6. The molecule has 98 valence electrons. The molecule has 0 aliphatic carbocycles. The van der Waals surface area contributed by atoms with Gasteiger partial charge in [0.15, 0.2) is 5.75 Å². The fourth-order valence-electron chi connectivity index (χ4n) is 1.40. The van der Waals surface area contributed by atoms with E-state index in [0.29, 0.717) is 5.02 Å². The summed E-state index contributed by atoms with van der Waals surface area (Å²) in [6.07, 6.45) is 0. The molecule has 0 N–H and O–H groups in total. The number of hydrogen-bond acceptors (Lipinski definition) is 2. The van der Waals surface area contributed by atoms with Gasteiger partial charge in [-0.2, -0.15) is 0 Å². The number of hydrogen-bond donors (Lipinski definition) is 0. The third kappa shape index (κ3) is 3.18. The van der Waals surface area contributed by atoms with E-state index in [4.69, 9.17) is 39.5 Å².